The number of anilines is 2. The molecule has 11 heteroatoms. The van der Waals surface area contributed by atoms with Crippen LogP contribution in [0.5, 0.6) is 5.75 Å². The highest BCUT2D eigenvalue weighted by Crippen LogP contribution is 2.57. The average Bonchev–Trinajstić information content (AvgIpc) is 3.39. The molecule has 2 aliphatic rings. The lowest BCUT2D eigenvalue weighted by atomic mass is 9.94. The largest absolute Gasteiger partial charge is 0.497 e. The van der Waals surface area contributed by atoms with E-state index in [9.17, 15) is 9.18 Å². The Labute approximate surface area is 251 Å². The Hall–Kier alpha value is -3.27. The predicted octanol–water partition coefficient (Wildman–Crippen LogP) is 7.38. The van der Waals surface area contributed by atoms with Crippen LogP contribution < -0.4 is 15.0 Å². The van der Waals surface area contributed by atoms with Crippen molar-refractivity contribution in [3.8, 4) is 17.2 Å². The van der Waals surface area contributed by atoms with Crippen molar-refractivity contribution in [2.24, 2.45) is 0 Å². The lowest BCUT2D eigenvalue weighted by Gasteiger charge is -2.20. The number of halogens is 3. The fraction of sp³-hybridized carbons (Fsp3) is 0.300. The van der Waals surface area contributed by atoms with Crippen molar-refractivity contribution < 1.29 is 18.4 Å². The zero-order valence-electron chi connectivity index (χ0n) is 22.5. The Morgan fingerprint density at radius 1 is 1.17 bits per heavy atom. The van der Waals surface area contributed by atoms with E-state index < -0.39 is 11.2 Å². The van der Waals surface area contributed by atoms with E-state index in [2.05, 4.69) is 45.5 Å². The van der Waals surface area contributed by atoms with Gasteiger partial charge in [0, 0.05) is 44.5 Å². The zero-order chi connectivity index (χ0) is 28.7. The summed E-state index contributed by atoms with van der Waals surface area (Å²) < 4.78 is 25.1. The number of rotatable bonds is 9. The topological polar surface area (TPSA) is 80.5 Å². The summed E-state index contributed by atoms with van der Waals surface area (Å²) in [6.07, 6.45) is 2.32. The molecule has 1 N–H and O–H groups in total. The summed E-state index contributed by atoms with van der Waals surface area (Å²) in [4.78, 5) is 20.8. The van der Waals surface area contributed by atoms with Gasteiger partial charge in [-0.25, -0.2) is 4.39 Å². The number of ether oxygens (including phenoxy) is 1. The van der Waals surface area contributed by atoms with E-state index >= 15 is 0 Å². The van der Waals surface area contributed by atoms with Crippen LogP contribution in [0.1, 0.15) is 36.7 Å². The molecule has 1 aromatic heterocycles. The standard InChI is InChI=1S/C30H27Cl2FN4O3S/c1-3-41-20-5-7-25-17(12-20)8-11-37(25)16-26(38)34-18-13-22(31)27(23(32)14-18)30(9-10-30)29-35-28(40-36-29)21-6-4-19(39-2)15-24(21)33/h4-7,12-15H,3,8-11,16H2,1-2H3,(H,34,38). The molecule has 1 amide bonds. The Bertz CT molecular complexity index is 1620. The minimum absolute atomic E-state index is 0.0615. The molecule has 1 aliphatic heterocycles. The molecular weight excluding hydrogens is 586 g/mol. The number of nitrogens with zero attached hydrogens (tertiary/aromatic N) is 3. The van der Waals surface area contributed by atoms with Crippen molar-refractivity contribution in [2.45, 2.75) is 36.5 Å². The summed E-state index contributed by atoms with van der Waals surface area (Å²) in [5, 5.41) is 7.87. The molecule has 1 saturated carbocycles. The molecule has 0 radical (unpaired) electrons. The molecular formula is C30H27Cl2FN4O3S. The van der Waals surface area contributed by atoms with Gasteiger partial charge >= 0.3 is 0 Å². The van der Waals surface area contributed by atoms with Gasteiger partial charge in [-0.05, 0) is 73.0 Å². The van der Waals surface area contributed by atoms with Gasteiger partial charge in [0.1, 0.15) is 11.6 Å². The molecule has 1 aliphatic carbocycles. The second kappa shape index (κ2) is 11.2. The molecule has 0 saturated heterocycles. The third-order valence-corrected chi connectivity index (χ3v) is 8.98. The number of fused-ring (bicyclic) bond motifs is 1. The maximum absolute atomic E-state index is 14.6. The van der Waals surface area contributed by atoms with Crippen molar-refractivity contribution in [1.29, 1.82) is 0 Å². The number of thioether (sulfide) groups is 1. The molecule has 0 atom stereocenters. The Kier molecular flexibility index (Phi) is 7.61. The monoisotopic (exact) mass is 612 g/mol. The number of nitrogens with one attached hydrogen (secondary N) is 1. The summed E-state index contributed by atoms with van der Waals surface area (Å²) in [5.41, 5.74) is 3.06. The first-order valence-electron chi connectivity index (χ1n) is 13.3. The fourth-order valence-corrected chi connectivity index (χ4v) is 6.95. The van der Waals surface area contributed by atoms with Gasteiger partial charge in [0.05, 0.1) is 24.6 Å². The molecule has 3 aromatic carbocycles. The van der Waals surface area contributed by atoms with E-state index in [1.54, 1.807) is 18.2 Å². The highest BCUT2D eigenvalue weighted by Gasteiger charge is 2.52. The van der Waals surface area contributed by atoms with Crippen LogP contribution in [0.3, 0.4) is 0 Å². The van der Waals surface area contributed by atoms with Crippen molar-refractivity contribution in [3.63, 3.8) is 0 Å². The Morgan fingerprint density at radius 3 is 2.63 bits per heavy atom. The zero-order valence-corrected chi connectivity index (χ0v) is 24.8. The Morgan fingerprint density at radius 2 is 1.95 bits per heavy atom. The van der Waals surface area contributed by atoms with E-state index in [-0.39, 0.29) is 23.9 Å². The minimum atomic E-state index is -0.643. The van der Waals surface area contributed by atoms with Gasteiger partial charge < -0.3 is 19.5 Å². The molecule has 6 rings (SSSR count). The summed E-state index contributed by atoms with van der Waals surface area (Å²) in [7, 11) is 1.47. The highest BCUT2D eigenvalue weighted by molar-refractivity contribution is 7.99. The Balaban J connectivity index is 1.18. The normalized spacial score (nSPS) is 15.1. The van der Waals surface area contributed by atoms with Crippen molar-refractivity contribution in [3.05, 3.63) is 81.3 Å². The molecule has 7 nitrogen and oxygen atoms in total. The smallest absolute Gasteiger partial charge is 0.260 e. The molecule has 0 unspecified atom stereocenters. The quantitative estimate of drug-likeness (QED) is 0.197. The van der Waals surface area contributed by atoms with Crippen LogP contribution in [-0.4, -0.2) is 42.0 Å². The lowest BCUT2D eigenvalue weighted by molar-refractivity contribution is -0.115. The lowest BCUT2D eigenvalue weighted by Crippen LogP contribution is -2.31. The third kappa shape index (κ3) is 5.38. The van der Waals surface area contributed by atoms with Gasteiger partial charge in [-0.15, -0.1) is 11.8 Å². The van der Waals surface area contributed by atoms with Crippen molar-refractivity contribution in [2.75, 3.05) is 36.2 Å². The van der Waals surface area contributed by atoms with Crippen LogP contribution in [0.4, 0.5) is 15.8 Å². The van der Waals surface area contributed by atoms with Crippen molar-refractivity contribution in [1.82, 2.24) is 10.1 Å². The molecule has 2 heterocycles. The molecule has 1 fully saturated rings. The summed E-state index contributed by atoms with van der Waals surface area (Å²) in [6, 6.07) is 14.2. The first kappa shape index (κ1) is 27.9. The van der Waals surface area contributed by atoms with Gasteiger partial charge in [-0.1, -0.05) is 35.3 Å². The predicted molar refractivity (Wildman–Crippen MR) is 160 cm³/mol. The molecule has 41 heavy (non-hydrogen) atoms. The van der Waals surface area contributed by atoms with Crippen LogP contribution in [0.25, 0.3) is 11.5 Å². The van der Waals surface area contributed by atoms with Gasteiger partial charge in [0.2, 0.25) is 5.91 Å². The number of methoxy groups -OCH3 is 1. The third-order valence-electron chi connectivity index (χ3n) is 7.50. The molecule has 0 spiro atoms. The van der Waals surface area contributed by atoms with E-state index in [1.165, 1.54) is 29.7 Å². The van der Waals surface area contributed by atoms with Gasteiger partial charge in [-0.3, -0.25) is 4.79 Å². The fourth-order valence-electron chi connectivity index (χ4n) is 5.38. The average molecular weight is 614 g/mol. The first-order valence-corrected chi connectivity index (χ1v) is 15.0. The summed E-state index contributed by atoms with van der Waals surface area (Å²) in [5.74, 6) is 1.17. The summed E-state index contributed by atoms with van der Waals surface area (Å²) in [6.45, 7) is 3.15. The number of hydrogen-bond donors (Lipinski definition) is 1. The van der Waals surface area contributed by atoms with E-state index in [0.717, 1.165) is 24.4 Å². The molecule has 4 aromatic rings. The molecule has 212 valence electrons. The van der Waals surface area contributed by atoms with Crippen LogP contribution in [-0.2, 0) is 16.6 Å². The van der Waals surface area contributed by atoms with Gasteiger partial charge in [0.15, 0.2) is 5.82 Å². The minimum Gasteiger partial charge on any atom is -0.497 e. The number of aromatic nitrogens is 2. The van der Waals surface area contributed by atoms with Crippen molar-refractivity contribution >= 4 is 52.2 Å². The maximum atomic E-state index is 14.6. The number of amides is 1. The van der Waals surface area contributed by atoms with Gasteiger partial charge in [-0.2, -0.15) is 4.98 Å². The second-order valence-corrected chi connectivity index (χ2v) is 12.3. The van der Waals surface area contributed by atoms with E-state index in [1.807, 2.05) is 11.8 Å². The number of carbonyl (C=O) groups excluding carboxylic acids is 1. The SMILES string of the molecule is CCSc1ccc2c(c1)CCN2CC(=O)Nc1cc(Cl)c(C2(c3noc(-c4ccc(OC)cc4F)n3)CC2)c(Cl)c1. The van der Waals surface area contributed by atoms with Crippen LogP contribution in [0.15, 0.2) is 57.9 Å². The van der Waals surface area contributed by atoms with E-state index in [4.69, 9.17) is 32.5 Å². The second-order valence-electron chi connectivity index (χ2n) is 10.1. The maximum Gasteiger partial charge on any atom is 0.260 e. The highest BCUT2D eigenvalue weighted by atomic mass is 35.5. The van der Waals surface area contributed by atoms with Crippen LogP contribution >= 0.6 is 35.0 Å². The summed E-state index contributed by atoms with van der Waals surface area (Å²) >= 11 is 15.3. The first-order chi connectivity index (χ1) is 19.8. The molecule has 0 bridgehead atoms. The van der Waals surface area contributed by atoms with E-state index in [0.29, 0.717) is 45.7 Å². The number of hydrogen-bond acceptors (Lipinski definition) is 7. The van der Waals surface area contributed by atoms with Crippen LogP contribution in [0, 0.1) is 5.82 Å². The number of carbonyl (C=O) groups is 1. The van der Waals surface area contributed by atoms with Gasteiger partial charge in [0.25, 0.3) is 5.89 Å². The number of benzene rings is 3. The van der Waals surface area contributed by atoms with Crippen LogP contribution in [0.2, 0.25) is 10.0 Å².